The van der Waals surface area contributed by atoms with E-state index in [1.807, 2.05) is 26.0 Å². The summed E-state index contributed by atoms with van der Waals surface area (Å²) in [6.07, 6.45) is -1.43. The van der Waals surface area contributed by atoms with Gasteiger partial charge in [0.05, 0.1) is 16.9 Å². The van der Waals surface area contributed by atoms with Crippen molar-refractivity contribution in [3.8, 4) is 11.4 Å². The summed E-state index contributed by atoms with van der Waals surface area (Å²) in [5, 5.41) is 13.3. The van der Waals surface area contributed by atoms with Crippen molar-refractivity contribution < 1.29 is 27.8 Å². The van der Waals surface area contributed by atoms with E-state index in [1.54, 1.807) is 16.9 Å². The van der Waals surface area contributed by atoms with E-state index in [0.29, 0.717) is 24.3 Å². The van der Waals surface area contributed by atoms with Gasteiger partial charge in [0.1, 0.15) is 12.4 Å². The van der Waals surface area contributed by atoms with Gasteiger partial charge >= 0.3 is 12.1 Å². The molecule has 2 aromatic carbocycles. The molecule has 0 aliphatic heterocycles. The van der Waals surface area contributed by atoms with Crippen molar-refractivity contribution in [2.45, 2.75) is 45.9 Å². The predicted octanol–water partition coefficient (Wildman–Crippen LogP) is 5.36. The monoisotopic (exact) mass is 432 g/mol. The molecule has 0 aliphatic rings. The first-order valence-electron chi connectivity index (χ1n) is 9.86. The van der Waals surface area contributed by atoms with Crippen LogP contribution in [0.2, 0.25) is 0 Å². The molecule has 0 atom stereocenters. The molecule has 3 aromatic rings. The van der Waals surface area contributed by atoms with Crippen molar-refractivity contribution >= 4 is 5.97 Å². The molecule has 0 radical (unpaired) electrons. The molecular formula is C23H23F3N2O3. The van der Waals surface area contributed by atoms with Crippen molar-refractivity contribution in [3.05, 3.63) is 76.6 Å². The fourth-order valence-corrected chi connectivity index (χ4v) is 3.24. The maximum atomic E-state index is 12.8. The van der Waals surface area contributed by atoms with E-state index in [9.17, 15) is 18.0 Å². The second-order valence-electron chi connectivity index (χ2n) is 7.21. The van der Waals surface area contributed by atoms with Crippen molar-refractivity contribution in [1.82, 2.24) is 9.78 Å². The van der Waals surface area contributed by atoms with Crippen molar-refractivity contribution in [2.75, 3.05) is 0 Å². The number of rotatable bonds is 8. The molecule has 1 N–H and O–H groups in total. The van der Waals surface area contributed by atoms with Gasteiger partial charge < -0.3 is 9.84 Å². The molecule has 1 aromatic heterocycles. The molecule has 31 heavy (non-hydrogen) atoms. The highest BCUT2D eigenvalue weighted by atomic mass is 19.4. The molecule has 0 unspecified atom stereocenters. The number of carboxylic acid groups (broad SMARTS) is 1. The third-order valence-corrected chi connectivity index (χ3v) is 4.99. The zero-order valence-electron chi connectivity index (χ0n) is 17.2. The number of aryl methyl sites for hydroxylation is 3. The molecule has 3 rings (SSSR count). The van der Waals surface area contributed by atoms with Gasteiger partial charge in [-0.05, 0) is 67.3 Å². The Labute approximate surface area is 178 Å². The number of benzene rings is 2. The highest BCUT2D eigenvalue weighted by Gasteiger charge is 2.30. The van der Waals surface area contributed by atoms with Crippen molar-refractivity contribution in [1.29, 1.82) is 0 Å². The fraction of sp³-hybridized carbons (Fsp3) is 0.304. The Morgan fingerprint density at radius 3 is 2.42 bits per heavy atom. The average Bonchev–Trinajstić information content (AvgIpc) is 3.14. The number of carbonyl (C=O) groups is 1. The number of nitrogens with zero attached hydrogens (tertiary/aromatic N) is 2. The summed E-state index contributed by atoms with van der Waals surface area (Å²) in [5.74, 6) is -0.183. The van der Waals surface area contributed by atoms with E-state index in [4.69, 9.17) is 9.84 Å². The van der Waals surface area contributed by atoms with E-state index >= 15 is 0 Å². The smallest absolute Gasteiger partial charge is 0.416 e. The Morgan fingerprint density at radius 2 is 1.84 bits per heavy atom. The van der Waals surface area contributed by atoms with Crippen molar-refractivity contribution in [2.24, 2.45) is 0 Å². The molecule has 0 saturated carbocycles. The largest absolute Gasteiger partial charge is 0.489 e. The number of aliphatic carboxylic acids is 1. The van der Waals surface area contributed by atoms with Crippen LogP contribution in [0.5, 0.6) is 5.75 Å². The molecule has 164 valence electrons. The molecular weight excluding hydrogens is 409 g/mol. The van der Waals surface area contributed by atoms with Gasteiger partial charge in [-0.1, -0.05) is 13.0 Å². The molecule has 0 saturated heterocycles. The predicted molar refractivity (Wildman–Crippen MR) is 109 cm³/mol. The van der Waals surface area contributed by atoms with E-state index in [0.717, 1.165) is 34.5 Å². The quantitative estimate of drug-likeness (QED) is 0.521. The maximum Gasteiger partial charge on any atom is 0.416 e. The molecule has 0 amide bonds. The van der Waals surface area contributed by atoms with Crippen LogP contribution in [0.15, 0.2) is 48.7 Å². The summed E-state index contributed by atoms with van der Waals surface area (Å²) in [7, 11) is 0. The van der Waals surface area contributed by atoms with Crippen LogP contribution in [0.3, 0.4) is 0 Å². The van der Waals surface area contributed by atoms with Gasteiger partial charge in [0.15, 0.2) is 0 Å². The van der Waals surface area contributed by atoms with Gasteiger partial charge in [-0.15, -0.1) is 0 Å². The van der Waals surface area contributed by atoms with Crippen LogP contribution >= 0.6 is 0 Å². The Morgan fingerprint density at radius 1 is 1.13 bits per heavy atom. The zero-order valence-corrected chi connectivity index (χ0v) is 17.2. The van der Waals surface area contributed by atoms with Crippen LogP contribution in [0.4, 0.5) is 13.2 Å². The lowest BCUT2D eigenvalue weighted by atomic mass is 10.0. The Hall–Kier alpha value is -3.29. The normalized spacial score (nSPS) is 11.5. The minimum atomic E-state index is -4.38. The zero-order chi connectivity index (χ0) is 22.6. The van der Waals surface area contributed by atoms with Gasteiger partial charge in [-0.3, -0.25) is 4.79 Å². The Balaban J connectivity index is 1.72. The number of halogens is 3. The fourth-order valence-electron chi connectivity index (χ4n) is 3.24. The Bertz CT molecular complexity index is 1060. The van der Waals surface area contributed by atoms with E-state index in [2.05, 4.69) is 5.10 Å². The number of carboxylic acids is 1. The van der Waals surface area contributed by atoms with Crippen LogP contribution in [-0.4, -0.2) is 20.9 Å². The SMILES string of the molecule is CCc1nn(-c2ccc(C(F)(F)F)cc2)cc1COc1ccc(CCC(=O)O)c(C)c1. The van der Waals surface area contributed by atoms with E-state index in [-0.39, 0.29) is 13.0 Å². The number of alkyl halides is 3. The average molecular weight is 432 g/mol. The molecule has 5 nitrogen and oxygen atoms in total. The van der Waals surface area contributed by atoms with E-state index < -0.39 is 17.7 Å². The molecule has 0 fully saturated rings. The summed E-state index contributed by atoms with van der Waals surface area (Å²) in [6, 6.07) is 10.4. The third kappa shape index (κ3) is 5.65. The second-order valence-corrected chi connectivity index (χ2v) is 7.21. The van der Waals surface area contributed by atoms with Crippen molar-refractivity contribution in [3.63, 3.8) is 0 Å². The summed E-state index contributed by atoms with van der Waals surface area (Å²) < 4.78 is 45.8. The number of hydrogen-bond acceptors (Lipinski definition) is 3. The van der Waals surface area contributed by atoms with E-state index in [1.165, 1.54) is 12.1 Å². The molecule has 0 bridgehead atoms. The summed E-state index contributed by atoms with van der Waals surface area (Å²) in [4.78, 5) is 10.8. The van der Waals surface area contributed by atoms with Crippen LogP contribution < -0.4 is 4.74 Å². The summed E-state index contributed by atoms with van der Waals surface area (Å²) in [5.41, 5.74) is 3.39. The first-order chi connectivity index (χ1) is 14.7. The third-order valence-electron chi connectivity index (χ3n) is 4.99. The lowest BCUT2D eigenvalue weighted by Gasteiger charge is -2.10. The first-order valence-corrected chi connectivity index (χ1v) is 9.86. The number of ether oxygens (including phenoxy) is 1. The standard InChI is InChI=1S/C23H23F3N2O3/c1-3-21-17(13-28(27-21)19-8-6-18(7-9-19)23(24,25)26)14-31-20-10-4-16(15(2)12-20)5-11-22(29)30/h4,6-10,12-13H,3,5,11,14H2,1-2H3,(H,29,30). The molecule has 0 spiro atoms. The first kappa shape index (κ1) is 22.4. The summed E-state index contributed by atoms with van der Waals surface area (Å²) in [6.45, 7) is 4.12. The lowest BCUT2D eigenvalue weighted by Crippen LogP contribution is -2.05. The number of aromatic nitrogens is 2. The summed E-state index contributed by atoms with van der Waals surface area (Å²) >= 11 is 0. The minimum Gasteiger partial charge on any atom is -0.489 e. The Kier molecular flexibility index (Phi) is 6.68. The van der Waals surface area contributed by atoms with Gasteiger partial charge in [0.25, 0.3) is 0 Å². The van der Waals surface area contributed by atoms with Crippen LogP contribution in [0.25, 0.3) is 5.69 Å². The van der Waals surface area contributed by atoms with Gasteiger partial charge in [-0.2, -0.15) is 18.3 Å². The van der Waals surface area contributed by atoms with Gasteiger partial charge in [0, 0.05) is 18.2 Å². The minimum absolute atomic E-state index is 0.0735. The molecule has 8 heteroatoms. The highest BCUT2D eigenvalue weighted by molar-refractivity contribution is 5.67. The van der Waals surface area contributed by atoms with Crippen LogP contribution in [-0.2, 0) is 30.4 Å². The van der Waals surface area contributed by atoms with Crippen LogP contribution in [0.1, 0.15) is 41.3 Å². The lowest BCUT2D eigenvalue weighted by molar-refractivity contribution is -0.138. The van der Waals surface area contributed by atoms with Crippen LogP contribution in [0, 0.1) is 6.92 Å². The highest BCUT2D eigenvalue weighted by Crippen LogP contribution is 2.29. The van der Waals surface area contributed by atoms with Gasteiger partial charge in [0.2, 0.25) is 0 Å². The maximum absolute atomic E-state index is 12.8. The second kappa shape index (κ2) is 9.24. The molecule has 1 heterocycles. The topological polar surface area (TPSA) is 64.4 Å². The number of hydrogen-bond donors (Lipinski definition) is 1. The molecule has 0 aliphatic carbocycles. The van der Waals surface area contributed by atoms with Gasteiger partial charge in [-0.25, -0.2) is 4.68 Å².